The fourth-order valence-electron chi connectivity index (χ4n) is 3.52. The topological polar surface area (TPSA) is 78.5 Å². The second-order valence-electron chi connectivity index (χ2n) is 9.21. The monoisotopic (exact) mass is 549 g/mol. The Balaban J connectivity index is 1.57. The van der Waals surface area contributed by atoms with Crippen LogP contribution in [0.5, 0.6) is 0 Å². The molecular formula is C30H35N3O3S2. The first-order valence-electron chi connectivity index (χ1n) is 12.5. The number of anilines is 1. The molecular weight excluding hydrogens is 514 g/mol. The smallest absolute Gasteiger partial charge is 0.243 e. The Bertz CT molecular complexity index is 1170. The first kappa shape index (κ1) is 29.3. The molecule has 2 N–H and O–H groups in total. The van der Waals surface area contributed by atoms with Crippen molar-refractivity contribution in [3.05, 3.63) is 102 Å². The molecule has 3 aromatic carbocycles. The van der Waals surface area contributed by atoms with Gasteiger partial charge in [0.2, 0.25) is 16.9 Å². The van der Waals surface area contributed by atoms with Crippen LogP contribution in [0.4, 0.5) is 5.69 Å². The molecule has 0 unspecified atom stereocenters. The van der Waals surface area contributed by atoms with E-state index in [0.29, 0.717) is 23.6 Å². The van der Waals surface area contributed by atoms with Crippen molar-refractivity contribution < 1.29 is 14.4 Å². The van der Waals surface area contributed by atoms with E-state index in [9.17, 15) is 14.4 Å². The number of hydrogen-bond donors (Lipinski definition) is 2. The van der Waals surface area contributed by atoms with E-state index in [4.69, 9.17) is 0 Å². The summed E-state index contributed by atoms with van der Waals surface area (Å²) in [5.41, 5.74) is 3.88. The number of carbonyl (C=O) groups is 3. The van der Waals surface area contributed by atoms with Crippen LogP contribution in [0.25, 0.3) is 0 Å². The molecule has 0 aliphatic rings. The molecule has 0 aliphatic carbocycles. The van der Waals surface area contributed by atoms with Gasteiger partial charge in [-0.2, -0.15) is 11.8 Å². The van der Waals surface area contributed by atoms with Crippen molar-refractivity contribution in [1.82, 2.24) is 10.6 Å². The van der Waals surface area contributed by atoms with Crippen LogP contribution in [0.1, 0.15) is 28.4 Å². The third-order valence-electron chi connectivity index (χ3n) is 5.87. The number of amides is 2. The second kappa shape index (κ2) is 15.2. The van der Waals surface area contributed by atoms with Crippen molar-refractivity contribution in [2.45, 2.75) is 25.3 Å². The normalized spacial score (nSPS) is 12.3. The molecule has 3 rings (SSSR count). The molecule has 8 heteroatoms. The maximum atomic E-state index is 13.1. The standard InChI is InChI=1S/C30H35N3O3S2/c1-22(19-38-30(36)25-12-8-5-9-13-25)28(34)32-27(29(35)31-18-23-10-6-4-7-11-23)21-37-20-24-14-16-26(17-15-24)33(2)3/h4-17,22,27H,18-21H2,1-3H3,(H,31,35)(H,32,34)/t22-,27+/m1/s1. The lowest BCUT2D eigenvalue weighted by Crippen LogP contribution is -2.49. The Morgan fingerprint density at radius 2 is 1.42 bits per heavy atom. The van der Waals surface area contributed by atoms with Crippen LogP contribution >= 0.6 is 23.5 Å². The van der Waals surface area contributed by atoms with Crippen molar-refractivity contribution >= 4 is 46.1 Å². The molecule has 6 nitrogen and oxygen atoms in total. The van der Waals surface area contributed by atoms with Gasteiger partial charge in [0.1, 0.15) is 6.04 Å². The van der Waals surface area contributed by atoms with E-state index in [-0.39, 0.29) is 16.9 Å². The molecule has 38 heavy (non-hydrogen) atoms. The van der Waals surface area contributed by atoms with Gasteiger partial charge in [0.25, 0.3) is 0 Å². The highest BCUT2D eigenvalue weighted by Gasteiger charge is 2.24. The predicted molar refractivity (Wildman–Crippen MR) is 160 cm³/mol. The highest BCUT2D eigenvalue weighted by atomic mass is 32.2. The van der Waals surface area contributed by atoms with Gasteiger partial charge in [0.15, 0.2) is 0 Å². The zero-order chi connectivity index (χ0) is 27.3. The van der Waals surface area contributed by atoms with Crippen LogP contribution in [0.3, 0.4) is 0 Å². The van der Waals surface area contributed by atoms with Gasteiger partial charge in [0, 0.05) is 55.1 Å². The van der Waals surface area contributed by atoms with Gasteiger partial charge in [-0.1, -0.05) is 91.5 Å². The maximum absolute atomic E-state index is 13.1. The van der Waals surface area contributed by atoms with E-state index in [0.717, 1.165) is 34.3 Å². The van der Waals surface area contributed by atoms with E-state index in [2.05, 4.69) is 34.9 Å². The van der Waals surface area contributed by atoms with Crippen molar-refractivity contribution in [2.75, 3.05) is 30.5 Å². The van der Waals surface area contributed by atoms with Gasteiger partial charge in [0.05, 0.1) is 0 Å². The Hall–Kier alpha value is -3.23. The fourth-order valence-corrected chi connectivity index (χ4v) is 5.40. The third kappa shape index (κ3) is 9.58. The first-order valence-corrected chi connectivity index (χ1v) is 14.7. The number of hydrogen-bond acceptors (Lipinski definition) is 6. The Morgan fingerprint density at radius 1 is 0.789 bits per heavy atom. The van der Waals surface area contributed by atoms with Gasteiger partial charge < -0.3 is 15.5 Å². The molecule has 0 saturated heterocycles. The number of carbonyl (C=O) groups excluding carboxylic acids is 3. The van der Waals surface area contributed by atoms with Gasteiger partial charge in [-0.25, -0.2) is 0 Å². The zero-order valence-electron chi connectivity index (χ0n) is 22.1. The van der Waals surface area contributed by atoms with Gasteiger partial charge in [-0.05, 0) is 23.3 Å². The average Bonchev–Trinajstić information content (AvgIpc) is 2.95. The summed E-state index contributed by atoms with van der Waals surface area (Å²) in [6, 6.07) is 26.3. The highest BCUT2D eigenvalue weighted by molar-refractivity contribution is 8.14. The van der Waals surface area contributed by atoms with Gasteiger partial charge in [-0.3, -0.25) is 14.4 Å². The summed E-state index contributed by atoms with van der Waals surface area (Å²) in [4.78, 5) is 40.5. The Kier molecular flexibility index (Phi) is 11.8. The number of nitrogens with one attached hydrogen (secondary N) is 2. The molecule has 0 bridgehead atoms. The lowest BCUT2D eigenvalue weighted by atomic mass is 10.2. The number of rotatable bonds is 13. The van der Waals surface area contributed by atoms with E-state index in [1.54, 1.807) is 30.8 Å². The summed E-state index contributed by atoms with van der Waals surface area (Å²) in [6.07, 6.45) is 0. The van der Waals surface area contributed by atoms with Crippen LogP contribution in [-0.2, 0) is 21.9 Å². The molecule has 200 valence electrons. The predicted octanol–water partition coefficient (Wildman–Crippen LogP) is 5.00. The van der Waals surface area contributed by atoms with Gasteiger partial charge in [-0.15, -0.1) is 0 Å². The summed E-state index contributed by atoms with van der Waals surface area (Å²) in [5.74, 6) is 0.601. The van der Waals surface area contributed by atoms with Crippen molar-refractivity contribution in [3.8, 4) is 0 Å². The molecule has 2 amide bonds. The van der Waals surface area contributed by atoms with Crippen molar-refractivity contribution in [2.24, 2.45) is 5.92 Å². The minimum absolute atomic E-state index is 0.0711. The van der Waals surface area contributed by atoms with Crippen LogP contribution in [-0.4, -0.2) is 48.6 Å². The molecule has 3 aromatic rings. The highest BCUT2D eigenvalue weighted by Crippen LogP contribution is 2.19. The molecule has 0 saturated carbocycles. The van der Waals surface area contributed by atoms with E-state index in [1.807, 2.05) is 67.5 Å². The van der Waals surface area contributed by atoms with E-state index >= 15 is 0 Å². The molecule has 0 aromatic heterocycles. The number of thioether (sulfide) groups is 2. The summed E-state index contributed by atoms with van der Waals surface area (Å²) in [6.45, 7) is 2.17. The molecule has 0 fully saturated rings. The lowest BCUT2D eigenvalue weighted by molar-refractivity contribution is -0.130. The molecule has 0 aliphatic heterocycles. The molecule has 0 spiro atoms. The van der Waals surface area contributed by atoms with Crippen molar-refractivity contribution in [3.63, 3.8) is 0 Å². The average molecular weight is 550 g/mol. The van der Waals surface area contributed by atoms with Crippen LogP contribution in [0, 0.1) is 5.92 Å². The minimum atomic E-state index is -0.686. The van der Waals surface area contributed by atoms with Crippen molar-refractivity contribution in [1.29, 1.82) is 0 Å². The number of benzene rings is 3. The Labute approximate surface area is 234 Å². The van der Waals surface area contributed by atoms with Crippen LogP contribution in [0.15, 0.2) is 84.9 Å². The van der Waals surface area contributed by atoms with E-state index in [1.165, 1.54) is 0 Å². The molecule has 0 radical (unpaired) electrons. The lowest BCUT2D eigenvalue weighted by Gasteiger charge is -2.21. The fraction of sp³-hybridized carbons (Fsp3) is 0.300. The third-order valence-corrected chi connectivity index (χ3v) is 8.14. The summed E-state index contributed by atoms with van der Waals surface area (Å²) in [5, 5.41) is 5.80. The minimum Gasteiger partial charge on any atom is -0.378 e. The summed E-state index contributed by atoms with van der Waals surface area (Å²) in [7, 11) is 4.00. The first-order chi connectivity index (χ1) is 18.3. The molecule has 2 atom stereocenters. The van der Waals surface area contributed by atoms with Gasteiger partial charge >= 0.3 is 0 Å². The van der Waals surface area contributed by atoms with Crippen LogP contribution in [0.2, 0.25) is 0 Å². The SMILES string of the molecule is C[C@H](CSC(=O)c1ccccc1)C(=O)N[C@@H](CSCc1ccc(N(C)C)cc1)C(=O)NCc1ccccc1. The Morgan fingerprint density at radius 3 is 2.05 bits per heavy atom. The van der Waals surface area contributed by atoms with Crippen LogP contribution < -0.4 is 15.5 Å². The maximum Gasteiger partial charge on any atom is 0.243 e. The quantitative estimate of drug-likeness (QED) is 0.313. The number of nitrogens with zero attached hydrogens (tertiary/aromatic N) is 1. The second-order valence-corrected chi connectivity index (χ2v) is 11.2. The summed E-state index contributed by atoms with van der Waals surface area (Å²) < 4.78 is 0. The molecule has 0 heterocycles. The zero-order valence-corrected chi connectivity index (χ0v) is 23.7. The largest absolute Gasteiger partial charge is 0.378 e. The summed E-state index contributed by atoms with van der Waals surface area (Å²) >= 11 is 2.72. The van der Waals surface area contributed by atoms with E-state index < -0.39 is 12.0 Å².